The van der Waals surface area contributed by atoms with E-state index >= 15 is 0 Å². The number of hydrogen-bond acceptors (Lipinski definition) is 7. The molecule has 176 valence electrons. The number of amides is 1. The normalized spacial score (nSPS) is 17.7. The van der Waals surface area contributed by atoms with E-state index in [1.165, 1.54) is 24.2 Å². The Hall–Kier alpha value is -2.62. The van der Waals surface area contributed by atoms with Crippen molar-refractivity contribution < 1.29 is 19.1 Å². The molecule has 11 heteroatoms. The molecule has 2 aromatic heterocycles. The van der Waals surface area contributed by atoms with Crippen LogP contribution in [0.15, 0.2) is 29.5 Å². The molecule has 0 unspecified atom stereocenters. The number of hydrogen-bond donors (Lipinski definition) is 1. The fraction of sp³-hybridized carbons (Fsp3) is 0.455. The second-order valence-electron chi connectivity index (χ2n) is 8.16. The average Bonchev–Trinajstić information content (AvgIpc) is 3.61. The standard InChI is InChI=1S/C22H25Cl2N5O4/c1-32-19-3-2-17(18(30)10-14-15(23)11-26-12-16(14)24)29(25)20(19)27-13-22(4-5-22)21(31)28-6-8-33-9-7-28/h2-3,11-12H,4-10,13,25H2,1H3. The summed E-state index contributed by atoms with van der Waals surface area (Å²) >= 11 is 12.3. The number of Topliss-reactive ketones (excluding diaryl/α,β-unsaturated/α-hetero) is 1. The van der Waals surface area contributed by atoms with Crippen LogP contribution in [0.3, 0.4) is 0 Å². The minimum Gasteiger partial charge on any atom is -0.493 e. The maximum Gasteiger partial charge on any atom is 0.230 e. The molecule has 0 radical (unpaired) electrons. The summed E-state index contributed by atoms with van der Waals surface area (Å²) in [4.78, 5) is 36.4. The first-order chi connectivity index (χ1) is 15.9. The monoisotopic (exact) mass is 493 g/mol. The lowest BCUT2D eigenvalue weighted by atomic mass is 10.1. The SMILES string of the molecule is COc1ccc(C(=O)Cc2c(Cl)cncc2Cl)n(N)c1=NCC1(C(=O)N2CCOCC2)CC1. The molecular weight excluding hydrogens is 469 g/mol. The second-order valence-corrected chi connectivity index (χ2v) is 8.98. The topological polar surface area (TPSA) is 112 Å². The van der Waals surface area contributed by atoms with Crippen molar-refractivity contribution in [3.63, 3.8) is 0 Å². The van der Waals surface area contributed by atoms with E-state index < -0.39 is 5.41 Å². The van der Waals surface area contributed by atoms with Gasteiger partial charge >= 0.3 is 0 Å². The van der Waals surface area contributed by atoms with Crippen LogP contribution in [0, 0.1) is 5.41 Å². The molecule has 1 amide bonds. The molecule has 2 fully saturated rings. The number of carbonyl (C=O) groups is 2. The lowest BCUT2D eigenvalue weighted by molar-refractivity contribution is -0.140. The van der Waals surface area contributed by atoms with Crippen molar-refractivity contribution >= 4 is 34.9 Å². The number of halogens is 2. The number of ether oxygens (including phenoxy) is 2. The van der Waals surface area contributed by atoms with Gasteiger partial charge in [-0.15, -0.1) is 0 Å². The van der Waals surface area contributed by atoms with Crippen LogP contribution in [0.5, 0.6) is 5.75 Å². The number of nitrogens with two attached hydrogens (primary N) is 1. The van der Waals surface area contributed by atoms with E-state index in [9.17, 15) is 9.59 Å². The van der Waals surface area contributed by atoms with E-state index in [1.807, 2.05) is 4.90 Å². The number of carbonyl (C=O) groups excluding carboxylic acids is 2. The number of nitrogen functional groups attached to an aromatic ring is 1. The Balaban J connectivity index is 1.61. The van der Waals surface area contributed by atoms with E-state index in [4.69, 9.17) is 38.5 Å². The second kappa shape index (κ2) is 9.70. The van der Waals surface area contributed by atoms with Crippen LogP contribution >= 0.6 is 23.2 Å². The van der Waals surface area contributed by atoms with Gasteiger partial charge in [-0.2, -0.15) is 0 Å². The zero-order chi connectivity index (χ0) is 23.6. The summed E-state index contributed by atoms with van der Waals surface area (Å²) < 4.78 is 12.0. The highest BCUT2D eigenvalue weighted by molar-refractivity contribution is 6.36. The summed E-state index contributed by atoms with van der Waals surface area (Å²) in [6, 6.07) is 3.20. The van der Waals surface area contributed by atoms with Gasteiger partial charge in [0.05, 0.1) is 42.3 Å². The molecule has 0 bridgehead atoms. The summed E-state index contributed by atoms with van der Waals surface area (Å²) in [6.07, 6.45) is 4.33. The van der Waals surface area contributed by atoms with Gasteiger partial charge in [0.25, 0.3) is 0 Å². The molecule has 9 nitrogen and oxygen atoms in total. The van der Waals surface area contributed by atoms with Gasteiger partial charge in [-0.1, -0.05) is 23.2 Å². The Morgan fingerprint density at radius 3 is 2.48 bits per heavy atom. The van der Waals surface area contributed by atoms with E-state index in [2.05, 4.69) is 9.98 Å². The van der Waals surface area contributed by atoms with Crippen LogP contribution in [0.4, 0.5) is 0 Å². The first-order valence-corrected chi connectivity index (χ1v) is 11.4. The molecule has 3 heterocycles. The number of nitrogens with zero attached hydrogens (tertiary/aromatic N) is 4. The van der Waals surface area contributed by atoms with E-state index in [1.54, 1.807) is 12.1 Å². The number of rotatable bonds is 7. The zero-order valence-electron chi connectivity index (χ0n) is 18.2. The smallest absolute Gasteiger partial charge is 0.230 e. The number of pyridine rings is 2. The van der Waals surface area contributed by atoms with Crippen molar-refractivity contribution in [2.45, 2.75) is 19.3 Å². The molecule has 2 aromatic rings. The molecular formula is C22H25Cl2N5O4. The molecule has 1 aliphatic heterocycles. The third-order valence-electron chi connectivity index (χ3n) is 6.03. The van der Waals surface area contributed by atoms with Crippen molar-refractivity contribution in [1.82, 2.24) is 14.6 Å². The predicted molar refractivity (Wildman–Crippen MR) is 123 cm³/mol. The number of ketones is 1. The molecule has 1 aliphatic carbocycles. The van der Waals surface area contributed by atoms with Crippen LogP contribution in [0.25, 0.3) is 0 Å². The van der Waals surface area contributed by atoms with Gasteiger partial charge in [0, 0.05) is 37.5 Å². The zero-order valence-corrected chi connectivity index (χ0v) is 19.7. The lowest BCUT2D eigenvalue weighted by Crippen LogP contribution is -2.45. The molecule has 4 rings (SSSR count). The van der Waals surface area contributed by atoms with Crippen molar-refractivity contribution in [3.8, 4) is 5.75 Å². The van der Waals surface area contributed by atoms with Crippen LogP contribution in [-0.2, 0) is 16.0 Å². The molecule has 0 spiro atoms. The minimum absolute atomic E-state index is 0.0530. The van der Waals surface area contributed by atoms with E-state index in [0.717, 1.165) is 12.8 Å². The lowest BCUT2D eigenvalue weighted by Gasteiger charge is -2.30. The molecule has 1 saturated heterocycles. The third-order valence-corrected chi connectivity index (χ3v) is 6.68. The van der Waals surface area contributed by atoms with Crippen molar-refractivity contribution in [2.24, 2.45) is 10.4 Å². The molecule has 0 atom stereocenters. The Labute approximate surface area is 201 Å². The molecule has 33 heavy (non-hydrogen) atoms. The Kier molecular flexibility index (Phi) is 6.92. The fourth-order valence-electron chi connectivity index (χ4n) is 3.86. The van der Waals surface area contributed by atoms with Crippen molar-refractivity contribution in [3.05, 3.63) is 51.3 Å². The summed E-state index contributed by atoms with van der Waals surface area (Å²) in [5, 5.41) is 0.602. The van der Waals surface area contributed by atoms with Crippen molar-refractivity contribution in [1.29, 1.82) is 0 Å². The van der Waals surface area contributed by atoms with Crippen molar-refractivity contribution in [2.75, 3.05) is 45.8 Å². The molecule has 2 N–H and O–H groups in total. The number of methoxy groups -OCH3 is 1. The highest BCUT2D eigenvalue weighted by Gasteiger charge is 2.51. The first kappa shape index (κ1) is 23.5. The van der Waals surface area contributed by atoms with Gasteiger partial charge in [-0.3, -0.25) is 19.6 Å². The summed E-state index contributed by atoms with van der Waals surface area (Å²) in [5.74, 6) is 6.49. The van der Waals surface area contributed by atoms with Crippen LogP contribution < -0.4 is 16.1 Å². The van der Waals surface area contributed by atoms with Crippen LogP contribution in [0.1, 0.15) is 28.9 Å². The van der Waals surface area contributed by atoms with Gasteiger partial charge in [0.15, 0.2) is 17.0 Å². The van der Waals surface area contributed by atoms with Gasteiger partial charge in [0.2, 0.25) is 5.91 Å². The van der Waals surface area contributed by atoms with Gasteiger partial charge in [-0.05, 0) is 25.0 Å². The maximum atomic E-state index is 13.0. The van der Waals surface area contributed by atoms with Gasteiger partial charge in [-0.25, -0.2) is 4.68 Å². The minimum atomic E-state index is -0.534. The maximum absolute atomic E-state index is 13.0. The van der Waals surface area contributed by atoms with Gasteiger partial charge < -0.3 is 20.2 Å². The number of aromatic nitrogens is 2. The summed E-state index contributed by atoms with van der Waals surface area (Å²) in [5.41, 5.74) is 0.438. The van der Waals surface area contributed by atoms with E-state index in [0.29, 0.717) is 47.7 Å². The Morgan fingerprint density at radius 1 is 1.21 bits per heavy atom. The predicted octanol–water partition coefficient (Wildman–Crippen LogP) is 1.88. The third kappa shape index (κ3) is 4.85. The van der Waals surface area contributed by atoms with E-state index in [-0.39, 0.29) is 35.8 Å². The van der Waals surface area contributed by atoms with Crippen LogP contribution in [-0.4, -0.2) is 66.2 Å². The quantitative estimate of drug-likeness (QED) is 0.465. The molecule has 2 aliphatic rings. The Morgan fingerprint density at radius 2 is 1.88 bits per heavy atom. The molecule has 0 aromatic carbocycles. The summed E-state index contributed by atoms with van der Waals surface area (Å²) in [7, 11) is 1.50. The highest BCUT2D eigenvalue weighted by atomic mass is 35.5. The average molecular weight is 494 g/mol. The largest absolute Gasteiger partial charge is 0.493 e. The highest BCUT2D eigenvalue weighted by Crippen LogP contribution is 2.47. The summed E-state index contributed by atoms with van der Waals surface area (Å²) in [6.45, 7) is 2.53. The first-order valence-electron chi connectivity index (χ1n) is 10.6. The Bertz CT molecular complexity index is 1120. The molecule has 1 saturated carbocycles. The number of morpholine rings is 1. The van der Waals surface area contributed by atoms with Crippen LogP contribution in [0.2, 0.25) is 10.0 Å². The van der Waals surface area contributed by atoms with Gasteiger partial charge in [0.1, 0.15) is 5.69 Å². The fourth-order valence-corrected chi connectivity index (χ4v) is 4.36.